The molecule has 0 aliphatic rings. The van der Waals surface area contributed by atoms with Crippen LogP contribution in [0.5, 0.6) is 11.5 Å². The topological polar surface area (TPSA) is 92.5 Å². The fourth-order valence-corrected chi connectivity index (χ4v) is 2.78. The summed E-state index contributed by atoms with van der Waals surface area (Å²) in [4.78, 5) is 27.4. The van der Waals surface area contributed by atoms with Crippen molar-refractivity contribution in [2.75, 3.05) is 14.2 Å². The Balaban J connectivity index is 1.55. The number of hydrogen-bond acceptors (Lipinski definition) is 4. The molecule has 0 spiro atoms. The Morgan fingerprint density at radius 3 is 2.41 bits per heavy atom. The highest BCUT2D eigenvalue weighted by molar-refractivity contribution is 6.07. The van der Waals surface area contributed by atoms with Gasteiger partial charge in [0.05, 0.1) is 19.8 Å². The first-order valence-electron chi connectivity index (χ1n) is 8.48. The summed E-state index contributed by atoms with van der Waals surface area (Å²) in [7, 11) is 3.15. The number of ether oxygens (including phenoxy) is 2. The van der Waals surface area contributed by atoms with Gasteiger partial charge in [0.2, 0.25) is 5.91 Å². The normalized spacial score (nSPS) is 10.4. The highest BCUT2D eigenvalue weighted by Crippen LogP contribution is 2.23. The van der Waals surface area contributed by atoms with Gasteiger partial charge in [-0.25, -0.2) is 0 Å². The van der Waals surface area contributed by atoms with Gasteiger partial charge in [-0.3, -0.25) is 20.4 Å². The van der Waals surface area contributed by atoms with E-state index in [0.29, 0.717) is 23.5 Å². The number of hydrogen-bond donors (Lipinski definition) is 3. The predicted octanol–water partition coefficient (Wildman–Crippen LogP) is 2.58. The van der Waals surface area contributed by atoms with E-state index in [-0.39, 0.29) is 18.2 Å². The zero-order valence-corrected chi connectivity index (χ0v) is 15.2. The van der Waals surface area contributed by atoms with Gasteiger partial charge in [0.1, 0.15) is 11.5 Å². The van der Waals surface area contributed by atoms with E-state index in [1.807, 2.05) is 36.4 Å². The molecule has 3 aromatic rings. The molecule has 0 saturated carbocycles. The Morgan fingerprint density at radius 2 is 1.70 bits per heavy atom. The lowest BCUT2D eigenvalue weighted by atomic mass is 10.1. The second-order valence-electron chi connectivity index (χ2n) is 5.97. The molecule has 0 aliphatic carbocycles. The number of carbonyl (C=O) groups excluding carboxylic acids is 2. The van der Waals surface area contributed by atoms with Crippen LogP contribution in [0.1, 0.15) is 22.3 Å². The van der Waals surface area contributed by atoms with Crippen LogP contribution in [-0.4, -0.2) is 31.0 Å². The molecule has 0 unspecified atom stereocenters. The first-order valence-corrected chi connectivity index (χ1v) is 8.48. The van der Waals surface area contributed by atoms with E-state index in [1.165, 1.54) is 0 Å². The van der Waals surface area contributed by atoms with E-state index in [0.717, 1.165) is 16.5 Å². The zero-order valence-electron chi connectivity index (χ0n) is 15.2. The molecule has 3 N–H and O–H groups in total. The molecule has 7 heteroatoms. The average molecular weight is 367 g/mol. The summed E-state index contributed by atoms with van der Waals surface area (Å²) in [6, 6.07) is 12.9. The number of aromatic amines is 1. The standard InChI is InChI=1S/C20H21N3O4/c1-26-14-9-13(10-15(11-14)27-2)7-8-19(24)22-23-20(25)17-12-21-18-6-4-3-5-16(17)18/h3-6,9-12,21H,7-8H2,1-2H3,(H,22,24)(H,23,25). The Bertz CT molecular complexity index is 943. The molecule has 0 atom stereocenters. The third-order valence-electron chi connectivity index (χ3n) is 4.20. The molecule has 1 aromatic heterocycles. The molecule has 0 fully saturated rings. The summed E-state index contributed by atoms with van der Waals surface area (Å²) in [6.45, 7) is 0. The smallest absolute Gasteiger partial charge is 0.271 e. The lowest BCUT2D eigenvalue weighted by Crippen LogP contribution is -2.41. The lowest BCUT2D eigenvalue weighted by Gasteiger charge is -2.09. The Labute approximate surface area is 156 Å². The molecule has 1 heterocycles. The number of nitrogens with one attached hydrogen (secondary N) is 3. The van der Waals surface area contributed by atoms with Crippen molar-refractivity contribution in [3.8, 4) is 11.5 Å². The van der Waals surface area contributed by atoms with Crippen LogP contribution in [0.25, 0.3) is 10.9 Å². The lowest BCUT2D eigenvalue weighted by molar-refractivity contribution is -0.121. The van der Waals surface area contributed by atoms with Gasteiger partial charge in [-0.2, -0.15) is 0 Å². The van der Waals surface area contributed by atoms with Crippen molar-refractivity contribution < 1.29 is 19.1 Å². The van der Waals surface area contributed by atoms with E-state index >= 15 is 0 Å². The fourth-order valence-electron chi connectivity index (χ4n) is 2.78. The quantitative estimate of drug-likeness (QED) is 0.584. The zero-order chi connectivity index (χ0) is 19.2. The van der Waals surface area contributed by atoms with E-state index in [4.69, 9.17) is 9.47 Å². The van der Waals surface area contributed by atoms with Crippen molar-refractivity contribution >= 4 is 22.7 Å². The third-order valence-corrected chi connectivity index (χ3v) is 4.20. The molecule has 7 nitrogen and oxygen atoms in total. The summed E-state index contributed by atoms with van der Waals surface area (Å²) in [5, 5.41) is 0.799. The molecule has 3 rings (SSSR count). The second kappa shape index (κ2) is 8.27. The van der Waals surface area contributed by atoms with Crippen LogP contribution < -0.4 is 20.3 Å². The monoisotopic (exact) mass is 367 g/mol. The maximum Gasteiger partial charge on any atom is 0.271 e. The predicted molar refractivity (Wildman–Crippen MR) is 102 cm³/mol. The maximum absolute atomic E-state index is 12.3. The van der Waals surface area contributed by atoms with Gasteiger partial charge in [-0.05, 0) is 30.2 Å². The van der Waals surface area contributed by atoms with Crippen molar-refractivity contribution in [1.29, 1.82) is 0 Å². The van der Waals surface area contributed by atoms with Gasteiger partial charge < -0.3 is 14.5 Å². The van der Waals surface area contributed by atoms with Gasteiger partial charge in [-0.15, -0.1) is 0 Å². The minimum absolute atomic E-state index is 0.213. The Kier molecular flexibility index (Phi) is 5.61. The van der Waals surface area contributed by atoms with Gasteiger partial charge in [0.25, 0.3) is 5.91 Å². The highest BCUT2D eigenvalue weighted by atomic mass is 16.5. The molecule has 140 valence electrons. The second-order valence-corrected chi connectivity index (χ2v) is 5.97. The number of aryl methyl sites for hydroxylation is 1. The van der Waals surface area contributed by atoms with Crippen LogP contribution >= 0.6 is 0 Å². The minimum atomic E-state index is -0.371. The van der Waals surface area contributed by atoms with Gasteiger partial charge >= 0.3 is 0 Å². The number of carbonyl (C=O) groups is 2. The van der Waals surface area contributed by atoms with Gasteiger partial charge in [0.15, 0.2) is 0 Å². The number of amides is 2. The van der Waals surface area contributed by atoms with Crippen LogP contribution in [0, 0.1) is 0 Å². The molecule has 2 amide bonds. The van der Waals surface area contributed by atoms with Crippen LogP contribution in [-0.2, 0) is 11.2 Å². The number of methoxy groups -OCH3 is 2. The molecule has 0 bridgehead atoms. The van der Waals surface area contributed by atoms with Crippen molar-refractivity contribution in [3.05, 3.63) is 59.8 Å². The van der Waals surface area contributed by atoms with E-state index < -0.39 is 0 Å². The largest absolute Gasteiger partial charge is 0.497 e. The molecule has 2 aromatic carbocycles. The first-order chi connectivity index (χ1) is 13.1. The summed E-state index contributed by atoms with van der Waals surface area (Å²) < 4.78 is 10.4. The van der Waals surface area contributed by atoms with Crippen LogP contribution in [0.15, 0.2) is 48.7 Å². The number of benzene rings is 2. The van der Waals surface area contributed by atoms with Crippen LogP contribution in [0.2, 0.25) is 0 Å². The molecule has 0 radical (unpaired) electrons. The number of H-pyrrole nitrogens is 1. The third kappa shape index (κ3) is 4.38. The SMILES string of the molecule is COc1cc(CCC(=O)NNC(=O)c2c[nH]c3ccccc23)cc(OC)c1. The van der Waals surface area contributed by atoms with E-state index in [1.54, 1.807) is 26.5 Å². The van der Waals surface area contributed by atoms with Crippen LogP contribution in [0.4, 0.5) is 0 Å². The van der Waals surface area contributed by atoms with E-state index in [2.05, 4.69) is 15.8 Å². The summed E-state index contributed by atoms with van der Waals surface area (Å²) >= 11 is 0. The molecular formula is C20H21N3O4. The van der Waals surface area contributed by atoms with Gasteiger partial charge in [-0.1, -0.05) is 18.2 Å². The Morgan fingerprint density at radius 1 is 1.00 bits per heavy atom. The van der Waals surface area contributed by atoms with Crippen molar-refractivity contribution in [2.45, 2.75) is 12.8 Å². The number of rotatable bonds is 6. The minimum Gasteiger partial charge on any atom is -0.497 e. The molecule has 27 heavy (non-hydrogen) atoms. The van der Waals surface area contributed by atoms with Gasteiger partial charge in [0, 0.05) is 29.6 Å². The first kappa shape index (κ1) is 18.3. The number of fused-ring (bicyclic) bond motifs is 1. The summed E-state index contributed by atoms with van der Waals surface area (Å²) in [6.07, 6.45) is 2.32. The summed E-state index contributed by atoms with van der Waals surface area (Å²) in [5.74, 6) is 0.670. The van der Waals surface area contributed by atoms with Crippen LogP contribution in [0.3, 0.4) is 0 Å². The van der Waals surface area contributed by atoms with Crippen molar-refractivity contribution in [1.82, 2.24) is 15.8 Å². The van der Waals surface area contributed by atoms with Crippen molar-refractivity contribution in [2.24, 2.45) is 0 Å². The Hall–Kier alpha value is -3.48. The molecule has 0 aliphatic heterocycles. The summed E-state index contributed by atoms with van der Waals surface area (Å²) in [5.41, 5.74) is 7.14. The number of para-hydroxylation sites is 1. The molecule has 0 saturated heterocycles. The highest BCUT2D eigenvalue weighted by Gasteiger charge is 2.12. The van der Waals surface area contributed by atoms with E-state index in [9.17, 15) is 9.59 Å². The molecular weight excluding hydrogens is 346 g/mol. The fraction of sp³-hybridized carbons (Fsp3) is 0.200. The van der Waals surface area contributed by atoms with Crippen molar-refractivity contribution in [3.63, 3.8) is 0 Å². The average Bonchev–Trinajstić information content (AvgIpc) is 3.14. The maximum atomic E-state index is 12.3. The number of aromatic nitrogens is 1. The number of hydrazine groups is 1.